The number of tetrazole rings is 1. The molecule has 8 aromatic carbocycles. The fourth-order valence-corrected chi connectivity index (χ4v) is 8.40. The monoisotopic (exact) mass is 1240 g/mol. The van der Waals surface area contributed by atoms with Gasteiger partial charge in [-0.2, -0.15) is 5.21 Å². The molecule has 484 valence electrons. The first-order valence-corrected chi connectivity index (χ1v) is 30.1. The van der Waals surface area contributed by atoms with Gasteiger partial charge in [0, 0.05) is 22.9 Å². The quantitative estimate of drug-likeness (QED) is 0.0501. The van der Waals surface area contributed by atoms with Gasteiger partial charge in [0.05, 0.1) is 17.6 Å². The van der Waals surface area contributed by atoms with E-state index in [0.717, 1.165) is 16.7 Å². The number of rotatable bonds is 11. The summed E-state index contributed by atoms with van der Waals surface area (Å²) in [4.78, 5) is 9.96. The second kappa shape index (κ2) is 40.0. The lowest BCUT2D eigenvalue weighted by atomic mass is 10.0. The molecule has 0 radical (unpaired) electrons. The lowest BCUT2D eigenvalue weighted by Gasteiger charge is -2.08. The molecular formula is C74H92F6N6O4. The van der Waals surface area contributed by atoms with E-state index >= 15 is 0 Å². The number of benzene rings is 8. The van der Waals surface area contributed by atoms with Crippen molar-refractivity contribution in [3.05, 3.63) is 265 Å². The van der Waals surface area contributed by atoms with Crippen LogP contribution in [0.15, 0.2) is 176 Å². The van der Waals surface area contributed by atoms with E-state index in [0.29, 0.717) is 57.8 Å². The first-order valence-electron chi connectivity index (χ1n) is 30.1. The number of H-pyrrole nitrogens is 1. The minimum absolute atomic E-state index is 0.101. The van der Waals surface area contributed by atoms with Gasteiger partial charge >= 0.3 is 0 Å². The van der Waals surface area contributed by atoms with Crippen LogP contribution in [0.1, 0.15) is 203 Å². The third-order valence-corrected chi connectivity index (χ3v) is 13.6. The Balaban J connectivity index is 0.000000352. The van der Waals surface area contributed by atoms with Crippen LogP contribution >= 0.6 is 0 Å². The number of phenols is 1. The Morgan fingerprint density at radius 1 is 0.456 bits per heavy atom. The molecule has 9 rings (SSSR count). The van der Waals surface area contributed by atoms with E-state index in [1.54, 1.807) is 77.3 Å². The predicted molar refractivity (Wildman–Crippen MR) is 356 cm³/mol. The highest BCUT2D eigenvalue weighted by Crippen LogP contribution is 2.29. The van der Waals surface area contributed by atoms with Crippen molar-refractivity contribution >= 4 is 11.4 Å². The number of hydrogen-bond donors (Lipinski definition) is 3. The van der Waals surface area contributed by atoms with Gasteiger partial charge in [0.1, 0.15) is 46.4 Å². The fourth-order valence-electron chi connectivity index (χ4n) is 8.40. The Morgan fingerprint density at radius 3 is 1.30 bits per heavy atom. The van der Waals surface area contributed by atoms with E-state index in [1.807, 2.05) is 70.2 Å². The van der Waals surface area contributed by atoms with Crippen LogP contribution in [0.2, 0.25) is 0 Å². The van der Waals surface area contributed by atoms with E-state index < -0.39 is 22.4 Å². The molecule has 0 aliphatic carbocycles. The van der Waals surface area contributed by atoms with Crippen LogP contribution in [0.5, 0.6) is 11.5 Å². The zero-order chi connectivity index (χ0) is 67.8. The van der Waals surface area contributed by atoms with Gasteiger partial charge in [0.15, 0.2) is 0 Å². The summed E-state index contributed by atoms with van der Waals surface area (Å²) in [5, 5.41) is 33.6. The van der Waals surface area contributed by atoms with Gasteiger partial charge < -0.3 is 15.6 Å². The first-order chi connectivity index (χ1) is 42.4. The number of nitrogens with zero attached hydrogens (tertiary/aromatic N) is 4. The lowest BCUT2D eigenvalue weighted by Crippen LogP contribution is -2.00. The SMILES string of the molecule is CC(C)c1c(F)cccc1F.CC(C)c1c(F)cccc1[N+](=O)[O-].CC(C)c1cc(N)ccc1F.CC(C)c1ccc(-c2nn[nH]n2)cc1.CC(C)c1cccc(F)c1.CC(C)c1ccccc1.CC(C)c1ccccc1O.COc1ccc(F)c(C(C)C)c1. The van der Waals surface area contributed by atoms with Crippen LogP contribution in [0.4, 0.5) is 37.7 Å². The Kier molecular flexibility index (Phi) is 34.3. The van der Waals surface area contributed by atoms with E-state index in [-0.39, 0.29) is 57.9 Å². The van der Waals surface area contributed by atoms with Crippen molar-refractivity contribution in [3.63, 3.8) is 0 Å². The maximum absolute atomic E-state index is 13.2. The van der Waals surface area contributed by atoms with Crippen molar-refractivity contribution in [2.45, 2.75) is 158 Å². The van der Waals surface area contributed by atoms with E-state index in [4.69, 9.17) is 10.5 Å². The number of halogens is 6. The summed E-state index contributed by atoms with van der Waals surface area (Å²) < 4.78 is 82.5. The van der Waals surface area contributed by atoms with Crippen LogP contribution in [-0.4, -0.2) is 37.8 Å². The summed E-state index contributed by atoms with van der Waals surface area (Å²) >= 11 is 0. The average Bonchev–Trinajstić information content (AvgIpc) is 2.58. The summed E-state index contributed by atoms with van der Waals surface area (Å²) in [5.41, 5.74) is 13.5. The molecule has 0 saturated carbocycles. The van der Waals surface area contributed by atoms with Gasteiger partial charge in [-0.3, -0.25) is 10.1 Å². The molecule has 0 aliphatic heterocycles. The van der Waals surface area contributed by atoms with Gasteiger partial charge in [-0.25, -0.2) is 26.3 Å². The topological polar surface area (TPSA) is 153 Å². The molecule has 0 amide bonds. The smallest absolute Gasteiger partial charge is 0.275 e. The molecule has 0 spiro atoms. The third-order valence-electron chi connectivity index (χ3n) is 13.6. The highest BCUT2D eigenvalue weighted by atomic mass is 19.1. The number of nitro benzene ring substituents is 1. The number of aromatic amines is 1. The van der Waals surface area contributed by atoms with Crippen LogP contribution in [0.25, 0.3) is 11.4 Å². The number of ether oxygens (including phenoxy) is 1. The normalized spacial score (nSPS) is 10.5. The zero-order valence-electron chi connectivity index (χ0n) is 55.2. The highest BCUT2D eigenvalue weighted by molar-refractivity contribution is 5.54. The van der Waals surface area contributed by atoms with Crippen molar-refractivity contribution in [3.8, 4) is 22.9 Å². The Morgan fingerprint density at radius 2 is 0.911 bits per heavy atom. The largest absolute Gasteiger partial charge is 0.508 e. The predicted octanol–water partition coefficient (Wildman–Crippen LogP) is 21.7. The molecule has 9 aromatic rings. The Labute approximate surface area is 530 Å². The minimum atomic E-state index is -0.557. The second-order valence-corrected chi connectivity index (χ2v) is 23.4. The van der Waals surface area contributed by atoms with Crippen LogP contribution in [0, 0.1) is 45.0 Å². The van der Waals surface area contributed by atoms with Crippen molar-refractivity contribution in [1.82, 2.24) is 20.6 Å². The van der Waals surface area contributed by atoms with Gasteiger partial charge in [0.25, 0.3) is 5.69 Å². The number of hydrogen-bond acceptors (Lipinski definition) is 8. The molecule has 0 fully saturated rings. The van der Waals surface area contributed by atoms with Crippen LogP contribution < -0.4 is 10.5 Å². The Bertz CT molecular complexity index is 3470. The number of methoxy groups -OCH3 is 1. The molecule has 0 aliphatic rings. The van der Waals surface area contributed by atoms with Crippen molar-refractivity contribution in [1.29, 1.82) is 0 Å². The number of aromatic hydroxyl groups is 1. The van der Waals surface area contributed by atoms with Crippen LogP contribution in [-0.2, 0) is 0 Å². The van der Waals surface area contributed by atoms with Crippen molar-refractivity contribution in [2.75, 3.05) is 12.8 Å². The van der Waals surface area contributed by atoms with E-state index in [2.05, 4.69) is 112 Å². The molecule has 0 unspecified atom stereocenters. The second-order valence-electron chi connectivity index (χ2n) is 23.4. The molecule has 1 aromatic heterocycles. The number of aromatic nitrogens is 4. The summed E-state index contributed by atoms with van der Waals surface area (Å²) in [6.07, 6.45) is 0. The number of nitrogen functional groups attached to an aromatic ring is 1. The molecule has 0 saturated heterocycles. The average molecular weight is 1240 g/mol. The highest BCUT2D eigenvalue weighted by Gasteiger charge is 2.20. The van der Waals surface area contributed by atoms with Gasteiger partial charge in [-0.15, -0.1) is 10.2 Å². The van der Waals surface area contributed by atoms with Crippen molar-refractivity contribution in [2.24, 2.45) is 0 Å². The minimum Gasteiger partial charge on any atom is -0.508 e. The maximum Gasteiger partial charge on any atom is 0.275 e. The molecule has 90 heavy (non-hydrogen) atoms. The summed E-state index contributed by atoms with van der Waals surface area (Å²) in [7, 11) is 1.58. The molecule has 4 N–H and O–H groups in total. The molecule has 1 heterocycles. The fraction of sp³-hybridized carbons (Fsp3) is 0.338. The number of nitrogens with two attached hydrogens (primary N) is 1. The molecule has 16 heteroatoms. The zero-order valence-corrected chi connectivity index (χ0v) is 55.2. The molecular weight excluding hydrogens is 1150 g/mol. The number of para-hydroxylation sites is 1. The van der Waals surface area contributed by atoms with Crippen molar-refractivity contribution < 1.29 is 41.1 Å². The summed E-state index contributed by atoms with van der Waals surface area (Å²) in [5.74, 6) is 1.97. The lowest BCUT2D eigenvalue weighted by molar-refractivity contribution is -0.385. The standard InChI is InChI=1S/C10H13FO.C10H12N4.C9H10F2.C9H10FNO2.C9H12FN.C9H11F.C9H12O.C9H12/c1-7(2)9-6-8(12-3)4-5-10(9)11;1-7(2)8-3-5-9(6-4-8)10-11-13-14-12-10;1-6(2)9-7(10)4-3-5-8(9)11;1-6(2)9-7(10)4-3-5-8(9)11(12)13;1-6(2)8-5-7(11)3-4-9(8)10;1-7(2)8-4-3-5-9(10)6-8;1-7(2)8-5-3-4-6-9(8)10;1-8(2)9-6-4-3-5-7-9/h4-7H,1-3H3;3-7H,1-2H3,(H,11,12,13,14);3-6H,1-2H3;3-6H,1-2H3;3-6H,11H2,1-2H3;3-7H,1-2H3;3-7,10H,1-2H3;3-8H,1-2H3. The number of nitrogens with one attached hydrogen (secondary N) is 1. The van der Waals surface area contributed by atoms with E-state index in [9.17, 15) is 41.6 Å². The number of phenolic OH excluding ortho intramolecular Hbond substituents is 1. The summed E-state index contributed by atoms with van der Waals surface area (Å²) in [6.45, 7) is 31.8. The maximum atomic E-state index is 13.2. The number of nitro groups is 1. The van der Waals surface area contributed by atoms with Gasteiger partial charge in [0.2, 0.25) is 5.82 Å². The van der Waals surface area contributed by atoms with E-state index in [1.165, 1.54) is 65.7 Å². The van der Waals surface area contributed by atoms with Crippen LogP contribution in [0.3, 0.4) is 0 Å². The molecule has 0 atom stereocenters. The Hall–Kier alpha value is -8.79. The van der Waals surface area contributed by atoms with Gasteiger partial charge in [-0.1, -0.05) is 208 Å². The first kappa shape index (κ1) is 77.3. The molecule has 10 nitrogen and oxygen atoms in total. The number of anilines is 1. The molecule has 0 bridgehead atoms. The van der Waals surface area contributed by atoms with Gasteiger partial charge in [-0.05, 0) is 159 Å². The third kappa shape index (κ3) is 27.3. The summed E-state index contributed by atoms with van der Waals surface area (Å²) in [6, 6.07) is 50.2.